The Labute approximate surface area is 507 Å². The highest BCUT2D eigenvalue weighted by molar-refractivity contribution is 7.99. The van der Waals surface area contributed by atoms with E-state index in [1.54, 1.807) is 23.5 Å². The summed E-state index contributed by atoms with van der Waals surface area (Å²) in [6, 6.07) is 56.7. The van der Waals surface area contributed by atoms with Crippen molar-refractivity contribution in [2.75, 3.05) is 27.9 Å². The third-order valence-corrected chi connectivity index (χ3v) is 17.5. The van der Waals surface area contributed by atoms with E-state index in [9.17, 15) is 0 Å². The van der Waals surface area contributed by atoms with Crippen LogP contribution in [0.5, 0.6) is 0 Å². The van der Waals surface area contributed by atoms with Crippen LogP contribution >= 0.6 is 35.3 Å². The molecule has 0 unspecified atom stereocenters. The fraction of sp³-hybridized carbons (Fsp3) is 0.304. The Morgan fingerprint density at radius 1 is 0.393 bits per heavy atom. The van der Waals surface area contributed by atoms with Gasteiger partial charge in [-0.3, -0.25) is 0 Å². The van der Waals surface area contributed by atoms with E-state index in [1.165, 1.54) is 27.6 Å². The van der Waals surface area contributed by atoms with Gasteiger partial charge >= 0.3 is 0 Å². The highest BCUT2D eigenvalue weighted by Crippen LogP contribution is 2.38. The quantitative estimate of drug-likeness (QED) is 0.0700. The highest BCUT2D eigenvalue weighted by atomic mass is 32.2. The normalized spacial score (nSPS) is 11.7. The van der Waals surface area contributed by atoms with E-state index in [-0.39, 0.29) is 0 Å². The number of hydrogen-bond acceptors (Lipinski definition) is 12. The lowest BCUT2D eigenvalue weighted by Crippen LogP contribution is -2.23. The van der Waals surface area contributed by atoms with Crippen LogP contribution in [-0.4, -0.2) is 55.1 Å². The van der Waals surface area contributed by atoms with Gasteiger partial charge in [-0.25, -0.2) is 29.9 Å². The Morgan fingerprint density at radius 3 is 1.12 bits per heavy atom. The summed E-state index contributed by atoms with van der Waals surface area (Å²) in [5, 5.41) is 6.56. The van der Waals surface area contributed by atoms with Crippen molar-refractivity contribution >= 4 is 119 Å². The minimum Gasteiger partial charge on any atom is -0.382 e. The van der Waals surface area contributed by atoms with Gasteiger partial charge in [0.05, 0.1) is 33.1 Å². The summed E-state index contributed by atoms with van der Waals surface area (Å²) in [7, 11) is 0. The number of rotatable bonds is 20. The molecule has 0 saturated carbocycles. The molecule has 0 aliphatic carbocycles. The number of fused-ring (bicyclic) bond motifs is 9. The molecule has 15 heteroatoms. The Morgan fingerprint density at radius 2 is 0.726 bits per heavy atom. The maximum Gasteiger partial charge on any atom is 0.169 e. The van der Waals surface area contributed by atoms with Crippen molar-refractivity contribution in [2.45, 2.75) is 122 Å². The van der Waals surface area contributed by atoms with Crippen molar-refractivity contribution in [2.24, 2.45) is 17.8 Å². The summed E-state index contributed by atoms with van der Waals surface area (Å²) < 4.78 is 7.08. The first-order valence-electron chi connectivity index (χ1n) is 29.5. The van der Waals surface area contributed by atoms with Gasteiger partial charge in [0, 0.05) is 66.1 Å². The van der Waals surface area contributed by atoms with Crippen LogP contribution in [0.1, 0.15) is 84.9 Å². The molecule has 4 N–H and O–H groups in total. The number of hydrogen-bond donors (Lipinski definition) is 2. The predicted octanol–water partition coefficient (Wildman–Crippen LogP) is 17.4. The van der Waals surface area contributed by atoms with Crippen LogP contribution in [0.15, 0.2) is 179 Å². The van der Waals surface area contributed by atoms with Crippen LogP contribution in [0.25, 0.3) is 65.8 Å². The molecule has 6 aromatic heterocycles. The van der Waals surface area contributed by atoms with Crippen LogP contribution in [0, 0.1) is 17.8 Å². The van der Waals surface area contributed by atoms with Crippen molar-refractivity contribution in [3.63, 3.8) is 0 Å². The van der Waals surface area contributed by atoms with Crippen LogP contribution in [0.4, 0.5) is 17.5 Å². The molecule has 0 atom stereocenters. The highest BCUT2D eigenvalue weighted by Gasteiger charge is 2.24. The number of nitrogens with two attached hydrogens (primary N) is 2. The SMILES string of the molecule is CC(C)Cn1c(SCc2ccccc2)nc2c(N)nc3ccccc3c21.CCCSc1nc2c(N(Cc3ccccc3)Cc3ccccc3)nc3ccccc3c2n1CC(C)C.CCCSc1nc2c(N)nc3ccccc3c2n1CC(C)C. The average molecular weight is 1170 g/mol. The van der Waals surface area contributed by atoms with E-state index in [1.807, 2.05) is 54.2 Å². The molecule has 6 aromatic carbocycles. The lowest BCUT2D eigenvalue weighted by molar-refractivity contribution is 0.505. The van der Waals surface area contributed by atoms with Crippen molar-refractivity contribution in [1.82, 2.24) is 43.6 Å². The van der Waals surface area contributed by atoms with E-state index >= 15 is 0 Å². The smallest absolute Gasteiger partial charge is 0.169 e. The summed E-state index contributed by atoms with van der Waals surface area (Å²) in [5.74, 6) is 6.56. The molecular weight excluding hydrogens is 1090 g/mol. The molecule has 12 nitrogen and oxygen atoms in total. The zero-order valence-electron chi connectivity index (χ0n) is 49.7. The Kier molecular flexibility index (Phi) is 19.8. The van der Waals surface area contributed by atoms with E-state index in [0.29, 0.717) is 29.4 Å². The van der Waals surface area contributed by atoms with Gasteiger partial charge in [-0.05, 0) is 65.5 Å². The van der Waals surface area contributed by atoms with Crippen LogP contribution in [-0.2, 0) is 38.5 Å². The molecule has 6 heterocycles. The second kappa shape index (κ2) is 27.9. The number of nitrogen functional groups attached to an aromatic ring is 2. The third-order valence-electron chi connectivity index (χ3n) is 14.1. The number of para-hydroxylation sites is 3. The number of thioether (sulfide) groups is 3. The number of anilines is 3. The number of nitrogens with zero attached hydrogens (tertiary/aromatic N) is 10. The van der Waals surface area contributed by atoms with Crippen molar-refractivity contribution in [3.8, 4) is 0 Å². The van der Waals surface area contributed by atoms with Gasteiger partial charge in [0.2, 0.25) is 0 Å². The molecule has 0 radical (unpaired) electrons. The summed E-state index contributed by atoms with van der Waals surface area (Å²) in [5.41, 5.74) is 25.2. The first-order chi connectivity index (χ1) is 40.9. The number of aromatic nitrogens is 9. The van der Waals surface area contributed by atoms with Gasteiger partial charge in [-0.2, -0.15) is 0 Å². The maximum atomic E-state index is 6.25. The van der Waals surface area contributed by atoms with Gasteiger partial charge in [-0.1, -0.05) is 236 Å². The summed E-state index contributed by atoms with van der Waals surface area (Å²) in [6.45, 7) is 22.2. The summed E-state index contributed by atoms with van der Waals surface area (Å²) >= 11 is 5.41. The molecule has 0 fully saturated rings. The molecule has 0 aliphatic rings. The van der Waals surface area contributed by atoms with Crippen LogP contribution in [0.3, 0.4) is 0 Å². The molecular formula is C69H78N12S3. The average Bonchev–Trinajstić information content (AvgIpc) is 2.98. The second-order valence-corrected chi connectivity index (χ2v) is 25.6. The zero-order valence-corrected chi connectivity index (χ0v) is 52.2. The van der Waals surface area contributed by atoms with Gasteiger partial charge in [0.1, 0.15) is 16.6 Å². The van der Waals surface area contributed by atoms with E-state index < -0.39 is 0 Å². The molecule has 0 aliphatic heterocycles. The fourth-order valence-electron chi connectivity index (χ4n) is 10.6. The fourth-order valence-corrected chi connectivity index (χ4v) is 13.2. The lowest BCUT2D eigenvalue weighted by Gasteiger charge is -2.25. The van der Waals surface area contributed by atoms with E-state index in [4.69, 9.17) is 31.4 Å². The largest absolute Gasteiger partial charge is 0.382 e. The molecule has 12 rings (SSSR count). The predicted molar refractivity (Wildman–Crippen MR) is 359 cm³/mol. The monoisotopic (exact) mass is 1170 g/mol. The first kappa shape index (κ1) is 59.6. The second-order valence-electron chi connectivity index (χ2n) is 22.6. The van der Waals surface area contributed by atoms with Crippen molar-refractivity contribution < 1.29 is 0 Å². The number of pyridine rings is 3. The molecule has 0 spiro atoms. The van der Waals surface area contributed by atoms with Gasteiger partial charge in [0.15, 0.2) is 32.9 Å². The van der Waals surface area contributed by atoms with Crippen LogP contribution in [0.2, 0.25) is 0 Å². The number of benzene rings is 6. The van der Waals surface area contributed by atoms with E-state index in [0.717, 1.165) is 139 Å². The van der Waals surface area contributed by atoms with Crippen molar-refractivity contribution in [1.29, 1.82) is 0 Å². The molecule has 12 aromatic rings. The molecule has 0 amide bonds. The standard InChI is InChI=1S/C31H34N4S.C21H22N4S.C17H22N4S/c1-4-19-36-31-33-28-29(35(31)20-23(2)3)26-17-11-12-18-27(26)32-30(28)34(21-24-13-7-5-8-14-24)22-25-15-9-6-10-16-25;1-14(2)12-25-19-16-10-6-7-11-17(16)23-20(22)18(19)24-21(25)26-13-15-8-4-3-5-9-15;1-4-9-22-17-20-14-15(21(17)10-11(2)3)12-7-5-6-8-13(12)19-16(14)18/h5-18,23H,4,19-22H2,1-3H3;3-11,14H,12-13H2,1-2H3,(H2,22,23);5-8,11H,4,9-10H2,1-3H3,(H2,18,19). The third kappa shape index (κ3) is 13.8. The van der Waals surface area contributed by atoms with Gasteiger partial charge in [0.25, 0.3) is 0 Å². The minimum atomic E-state index is 0.503. The van der Waals surface area contributed by atoms with Crippen molar-refractivity contribution in [3.05, 3.63) is 180 Å². The lowest BCUT2D eigenvalue weighted by atomic mass is 10.1. The molecule has 0 bridgehead atoms. The summed E-state index contributed by atoms with van der Waals surface area (Å²) in [4.78, 5) is 31.6. The van der Waals surface area contributed by atoms with E-state index in [2.05, 4.69) is 205 Å². The Hall–Kier alpha value is -7.59. The Balaban J connectivity index is 0.000000145. The van der Waals surface area contributed by atoms with Crippen LogP contribution < -0.4 is 16.4 Å². The van der Waals surface area contributed by atoms with Gasteiger partial charge in [-0.15, -0.1) is 0 Å². The first-order valence-corrected chi connectivity index (χ1v) is 32.5. The number of imidazole rings is 3. The Bertz CT molecular complexity index is 4080. The van der Waals surface area contributed by atoms with Gasteiger partial charge < -0.3 is 30.1 Å². The zero-order chi connectivity index (χ0) is 58.7. The molecule has 84 heavy (non-hydrogen) atoms. The topological polar surface area (TPSA) is 147 Å². The maximum absolute atomic E-state index is 6.25. The minimum absolute atomic E-state index is 0.503. The molecule has 0 saturated heterocycles. The molecule has 432 valence electrons. The summed E-state index contributed by atoms with van der Waals surface area (Å²) in [6.07, 6.45) is 2.25.